The summed E-state index contributed by atoms with van der Waals surface area (Å²) < 4.78 is 58.8. The lowest BCUT2D eigenvalue weighted by atomic mass is 9.96. The molecule has 0 aliphatic carbocycles. The number of hydrogen-bond acceptors (Lipinski definition) is 4. The third-order valence-electron chi connectivity index (χ3n) is 11.0. The monoisotopic (exact) mass is 762 g/mol. The van der Waals surface area contributed by atoms with Crippen LogP contribution in [0.25, 0.3) is 115 Å². The van der Waals surface area contributed by atoms with Crippen LogP contribution < -0.4 is 0 Å². The van der Waals surface area contributed by atoms with Crippen molar-refractivity contribution in [1.82, 2.24) is 19.5 Å². The summed E-state index contributed by atoms with van der Waals surface area (Å²) >= 11 is 1.68. The van der Waals surface area contributed by atoms with Crippen molar-refractivity contribution in [3.63, 3.8) is 0 Å². The van der Waals surface area contributed by atoms with Gasteiger partial charge in [-0.05, 0) is 51.8 Å². The molecule has 3 aromatic heterocycles. The number of benzene rings is 9. The zero-order valence-corrected chi connectivity index (χ0v) is 31.5. The van der Waals surface area contributed by atoms with Crippen molar-refractivity contribution in [2.45, 2.75) is 0 Å². The van der Waals surface area contributed by atoms with Crippen LogP contribution in [0.4, 0.5) is 0 Å². The molecule has 0 aliphatic rings. The normalized spacial score (nSPS) is 13.2. The molecule has 5 heteroatoms. The second kappa shape index (κ2) is 13.1. The van der Waals surface area contributed by atoms with Gasteiger partial charge in [0.05, 0.1) is 24.9 Å². The van der Waals surface area contributed by atoms with E-state index in [2.05, 4.69) is 54.6 Å². The summed E-state index contributed by atoms with van der Waals surface area (Å²) in [6.45, 7) is 0. The molecule has 0 fully saturated rings. The maximum atomic E-state index is 9.48. The first-order valence-electron chi connectivity index (χ1n) is 22.0. The Balaban J connectivity index is 1.26. The fraction of sp³-hybridized carbons (Fsp3) is 0. The molecule has 12 rings (SSSR count). The highest BCUT2D eigenvalue weighted by Gasteiger charge is 2.24. The van der Waals surface area contributed by atoms with Crippen LogP contribution in [0.3, 0.4) is 0 Å². The molecule has 0 radical (unpaired) electrons. The second-order valence-corrected chi connectivity index (χ2v) is 15.3. The molecular formula is C53H32N4S. The third-order valence-corrected chi connectivity index (χ3v) is 12.2. The van der Waals surface area contributed by atoms with E-state index in [1.165, 1.54) is 12.1 Å². The van der Waals surface area contributed by atoms with Gasteiger partial charge in [0.1, 0.15) is 0 Å². The molecule has 0 aliphatic heterocycles. The van der Waals surface area contributed by atoms with Crippen molar-refractivity contribution < 1.29 is 8.22 Å². The Kier molecular flexibility index (Phi) is 6.12. The Labute approximate surface area is 346 Å². The second-order valence-electron chi connectivity index (χ2n) is 14.2. The highest BCUT2D eigenvalue weighted by atomic mass is 32.1. The summed E-state index contributed by atoms with van der Waals surface area (Å²) in [7, 11) is 0. The molecule has 3 heterocycles. The molecule has 0 bridgehead atoms. The first-order chi connectivity index (χ1) is 31.2. The summed E-state index contributed by atoms with van der Waals surface area (Å²) in [6, 6.07) is 50.7. The summed E-state index contributed by atoms with van der Waals surface area (Å²) in [5.41, 5.74) is 4.84. The van der Waals surface area contributed by atoms with Crippen LogP contribution in [0.5, 0.6) is 0 Å². The number of aromatic nitrogens is 4. The van der Waals surface area contributed by atoms with Crippen LogP contribution >= 0.6 is 11.3 Å². The minimum atomic E-state index is -0.184. The van der Waals surface area contributed by atoms with E-state index >= 15 is 0 Å². The average molecular weight is 763 g/mol. The van der Waals surface area contributed by atoms with E-state index in [4.69, 9.17) is 17.7 Å². The van der Waals surface area contributed by atoms with Crippen LogP contribution in [0.2, 0.25) is 0 Å². The quantitative estimate of drug-likeness (QED) is 0.164. The van der Waals surface area contributed by atoms with Gasteiger partial charge in [0, 0.05) is 58.8 Å². The van der Waals surface area contributed by atoms with Crippen molar-refractivity contribution >= 4 is 74.9 Å². The molecule has 58 heavy (non-hydrogen) atoms. The molecule has 0 amide bonds. The molecule has 4 nitrogen and oxygen atoms in total. The van der Waals surface area contributed by atoms with Gasteiger partial charge in [-0.3, -0.25) is 0 Å². The maximum Gasteiger partial charge on any atom is 0.166 e. The van der Waals surface area contributed by atoms with Crippen molar-refractivity contribution in [2.24, 2.45) is 0 Å². The number of fused-ring (bicyclic) bond motifs is 9. The van der Waals surface area contributed by atoms with Gasteiger partial charge in [0.15, 0.2) is 17.5 Å². The standard InChI is InChI=1S/C53H32N4S/c1-2-16-33(17-3-1)51-54-52(56-53(55-51)45-32-34-18-4-5-19-35(34)36-20-6-7-21-37(36)45)44-28-14-25-41(43-27-15-26-42-40-24-10-13-31-48(40)58-50(42)43)49(44)57-46-29-11-8-22-38(46)39-23-9-12-30-47(39)57/h1-32H/i8D,9D,22D,23D,29D,30D. The number of para-hydroxylation sites is 3. The molecule has 270 valence electrons. The zero-order valence-electron chi connectivity index (χ0n) is 36.7. The Morgan fingerprint density at radius 1 is 0.414 bits per heavy atom. The molecule has 0 N–H and O–H groups in total. The molecule has 9 aromatic carbocycles. The fourth-order valence-electron chi connectivity index (χ4n) is 8.45. The van der Waals surface area contributed by atoms with E-state index in [1.807, 2.05) is 91.0 Å². The average Bonchev–Trinajstić information content (AvgIpc) is 3.90. The van der Waals surface area contributed by atoms with Gasteiger partial charge in [-0.2, -0.15) is 0 Å². The van der Waals surface area contributed by atoms with Gasteiger partial charge in [0.2, 0.25) is 0 Å². The first kappa shape index (κ1) is 27.2. The highest BCUT2D eigenvalue weighted by molar-refractivity contribution is 7.26. The summed E-state index contributed by atoms with van der Waals surface area (Å²) in [5.74, 6) is 1.24. The van der Waals surface area contributed by atoms with E-state index in [9.17, 15) is 5.48 Å². The molecule has 0 unspecified atom stereocenters. The van der Waals surface area contributed by atoms with Crippen LogP contribution in [-0.4, -0.2) is 19.5 Å². The number of thiophene rings is 1. The van der Waals surface area contributed by atoms with E-state index in [1.54, 1.807) is 15.9 Å². The Morgan fingerprint density at radius 2 is 1.00 bits per heavy atom. The third kappa shape index (κ3) is 5.04. The van der Waals surface area contributed by atoms with E-state index in [0.29, 0.717) is 28.7 Å². The molecule has 0 saturated carbocycles. The molecule has 0 spiro atoms. The molecule has 0 atom stereocenters. The predicted molar refractivity (Wildman–Crippen MR) is 244 cm³/mol. The fourth-order valence-corrected chi connectivity index (χ4v) is 9.68. The maximum absolute atomic E-state index is 9.48. The van der Waals surface area contributed by atoms with Gasteiger partial charge < -0.3 is 4.57 Å². The lowest BCUT2D eigenvalue weighted by molar-refractivity contribution is 1.07. The van der Waals surface area contributed by atoms with Crippen LogP contribution in [0.15, 0.2) is 194 Å². The van der Waals surface area contributed by atoms with Crippen molar-refractivity contribution in [1.29, 1.82) is 0 Å². The highest BCUT2D eigenvalue weighted by Crippen LogP contribution is 2.46. The summed E-state index contributed by atoms with van der Waals surface area (Å²) in [5, 5.41) is 6.74. The predicted octanol–water partition coefficient (Wildman–Crippen LogP) is 14.3. The first-order valence-corrected chi connectivity index (χ1v) is 19.9. The SMILES string of the molecule is [2H]c1cc([2H])c2c(c1[2H])c1c([2H])c([2H])cc([2H])c1n2-c1c(-c2nc(-c3ccccc3)nc(-c3cc4ccccc4c4ccccc34)n2)cccc1-c1cccc2c1sc1ccccc12. The molecular weight excluding hydrogens is 725 g/mol. The topological polar surface area (TPSA) is 43.6 Å². The minimum Gasteiger partial charge on any atom is -0.308 e. The summed E-state index contributed by atoms with van der Waals surface area (Å²) in [6.07, 6.45) is 0. The van der Waals surface area contributed by atoms with Crippen LogP contribution in [0.1, 0.15) is 8.22 Å². The Hall–Kier alpha value is -7.47. The van der Waals surface area contributed by atoms with Gasteiger partial charge >= 0.3 is 0 Å². The smallest absolute Gasteiger partial charge is 0.166 e. The van der Waals surface area contributed by atoms with Gasteiger partial charge in [-0.25, -0.2) is 15.0 Å². The van der Waals surface area contributed by atoms with Gasteiger partial charge in [-0.15, -0.1) is 11.3 Å². The van der Waals surface area contributed by atoms with Crippen molar-refractivity contribution in [3.8, 4) is 51.0 Å². The lowest BCUT2D eigenvalue weighted by Crippen LogP contribution is -2.05. The van der Waals surface area contributed by atoms with E-state index in [0.717, 1.165) is 64.0 Å². The number of nitrogens with zero attached hydrogens (tertiary/aromatic N) is 4. The van der Waals surface area contributed by atoms with Crippen molar-refractivity contribution in [2.75, 3.05) is 0 Å². The molecule has 12 aromatic rings. The largest absolute Gasteiger partial charge is 0.308 e. The summed E-state index contributed by atoms with van der Waals surface area (Å²) in [4.78, 5) is 15.8. The minimum absolute atomic E-state index is 0.0534. The lowest BCUT2D eigenvalue weighted by Gasteiger charge is -2.19. The Bertz CT molecular complexity index is 3870. The van der Waals surface area contributed by atoms with Gasteiger partial charge in [0.25, 0.3) is 0 Å². The number of rotatable bonds is 5. The Morgan fingerprint density at radius 3 is 1.79 bits per heavy atom. The molecule has 0 saturated heterocycles. The van der Waals surface area contributed by atoms with E-state index < -0.39 is 0 Å². The van der Waals surface area contributed by atoms with Gasteiger partial charge in [-0.1, -0.05) is 164 Å². The zero-order chi connectivity index (χ0) is 43.4. The van der Waals surface area contributed by atoms with Crippen LogP contribution in [-0.2, 0) is 0 Å². The van der Waals surface area contributed by atoms with E-state index in [-0.39, 0.29) is 58.1 Å². The van der Waals surface area contributed by atoms with Crippen LogP contribution in [0, 0.1) is 0 Å². The van der Waals surface area contributed by atoms with Crippen molar-refractivity contribution in [3.05, 3.63) is 194 Å². The number of hydrogen-bond donors (Lipinski definition) is 0.